The highest BCUT2D eigenvalue weighted by molar-refractivity contribution is 6.07. The van der Waals surface area contributed by atoms with Gasteiger partial charge in [0.1, 0.15) is 0 Å². The first-order valence-corrected chi connectivity index (χ1v) is 8.27. The highest BCUT2D eigenvalue weighted by atomic mass is 35.5. The lowest BCUT2D eigenvalue weighted by Crippen LogP contribution is -2.62. The van der Waals surface area contributed by atoms with Gasteiger partial charge in [0.05, 0.1) is 0 Å². The minimum atomic E-state index is -1.63. The number of ketones is 1. The van der Waals surface area contributed by atoms with E-state index in [9.17, 15) is 14.7 Å². The molecule has 1 aliphatic rings. The van der Waals surface area contributed by atoms with Crippen LogP contribution in [0, 0.1) is 0 Å². The van der Waals surface area contributed by atoms with E-state index in [-0.39, 0.29) is 30.6 Å². The number of hydrogen-bond acceptors (Lipinski definition) is 5. The highest BCUT2D eigenvalue weighted by Gasteiger charge is 2.51. The third kappa shape index (κ3) is 4.24. The number of carboxylic acids is 1. The van der Waals surface area contributed by atoms with Crippen molar-refractivity contribution >= 4 is 42.3 Å². The summed E-state index contributed by atoms with van der Waals surface area (Å²) in [5, 5.41) is 10.00. The van der Waals surface area contributed by atoms with Gasteiger partial charge < -0.3 is 10.0 Å². The van der Waals surface area contributed by atoms with Crippen LogP contribution in [0.15, 0.2) is 54.9 Å². The van der Waals surface area contributed by atoms with Crippen LogP contribution in [0.4, 0.5) is 5.69 Å². The number of carbonyl (C=O) groups excluding carboxylic acids is 1. The molecule has 1 aromatic carbocycles. The number of nitrogens with zero attached hydrogens (tertiary/aromatic N) is 3. The average Bonchev–Trinajstić information content (AvgIpc) is 2.64. The molecular weight excluding hydrogens is 389 g/mol. The quantitative estimate of drug-likeness (QED) is 0.762. The van der Waals surface area contributed by atoms with E-state index in [1.54, 1.807) is 41.6 Å². The summed E-state index contributed by atoms with van der Waals surface area (Å²) in [7, 11) is 0. The summed E-state index contributed by atoms with van der Waals surface area (Å²) >= 11 is 0. The molecule has 0 spiro atoms. The SMILES string of the molecule is CC(=O)C(C(=O)O)(c1ccccc1)N1CCN(c2ccncc2)CC1.Cl.Cl. The standard InChI is InChI=1S/C19H21N3O3.2ClH/c1-15(23)19(18(24)25,16-5-3-2-4-6-16)22-13-11-21(12-14-22)17-7-9-20-10-8-17;;/h2-10H,11-14H2,1H3,(H,24,25);2*1H. The van der Waals surface area contributed by atoms with E-state index in [0.717, 1.165) is 5.69 Å². The highest BCUT2D eigenvalue weighted by Crippen LogP contribution is 2.32. The van der Waals surface area contributed by atoms with E-state index in [4.69, 9.17) is 0 Å². The molecule has 0 saturated carbocycles. The summed E-state index contributed by atoms with van der Waals surface area (Å²) < 4.78 is 0. The number of benzene rings is 1. The normalized spacial score (nSPS) is 16.4. The van der Waals surface area contributed by atoms with Crippen LogP contribution in [-0.4, -0.2) is 52.9 Å². The Morgan fingerprint density at radius 3 is 2.00 bits per heavy atom. The molecule has 2 heterocycles. The van der Waals surface area contributed by atoms with Gasteiger partial charge in [0.25, 0.3) is 0 Å². The van der Waals surface area contributed by atoms with Crippen LogP contribution < -0.4 is 4.90 Å². The number of pyridine rings is 1. The number of carbonyl (C=O) groups is 2. The van der Waals surface area contributed by atoms with Crippen LogP contribution >= 0.6 is 24.8 Å². The van der Waals surface area contributed by atoms with Gasteiger partial charge in [-0.05, 0) is 24.6 Å². The Bertz CT molecular complexity index is 737. The Balaban J connectivity index is 0.00000182. The summed E-state index contributed by atoms with van der Waals surface area (Å²) in [5.74, 6) is -1.49. The minimum Gasteiger partial charge on any atom is -0.479 e. The zero-order valence-corrected chi connectivity index (χ0v) is 16.6. The Morgan fingerprint density at radius 2 is 1.52 bits per heavy atom. The number of Topliss-reactive ketones (excluding diaryl/α,β-unsaturated/α-hetero) is 1. The Labute approximate surface area is 171 Å². The second kappa shape index (κ2) is 9.69. The third-order valence-corrected chi connectivity index (χ3v) is 4.79. The van der Waals surface area contributed by atoms with E-state index in [1.807, 2.05) is 18.2 Å². The summed E-state index contributed by atoms with van der Waals surface area (Å²) in [6, 6.07) is 12.6. The maximum Gasteiger partial charge on any atom is 0.336 e. The molecule has 1 aliphatic heterocycles. The van der Waals surface area contributed by atoms with Gasteiger partial charge in [-0.25, -0.2) is 4.79 Å². The monoisotopic (exact) mass is 411 g/mol. The van der Waals surface area contributed by atoms with Gasteiger partial charge >= 0.3 is 5.97 Å². The summed E-state index contributed by atoms with van der Waals surface area (Å²) in [6.45, 7) is 3.64. The topological polar surface area (TPSA) is 73.7 Å². The summed E-state index contributed by atoms with van der Waals surface area (Å²) in [6.07, 6.45) is 3.48. The van der Waals surface area contributed by atoms with Crippen LogP contribution in [0.25, 0.3) is 0 Å². The number of piperazine rings is 1. The molecule has 6 nitrogen and oxygen atoms in total. The number of anilines is 1. The van der Waals surface area contributed by atoms with Gasteiger partial charge in [-0.2, -0.15) is 0 Å². The molecule has 1 fully saturated rings. The number of aliphatic carboxylic acids is 1. The molecule has 0 aliphatic carbocycles. The van der Waals surface area contributed by atoms with Crippen molar-refractivity contribution in [2.45, 2.75) is 12.5 Å². The van der Waals surface area contributed by atoms with E-state index < -0.39 is 11.5 Å². The Kier molecular flexibility index (Phi) is 8.21. The van der Waals surface area contributed by atoms with Crippen molar-refractivity contribution in [3.05, 3.63) is 60.4 Å². The van der Waals surface area contributed by atoms with Crippen LogP contribution in [0.3, 0.4) is 0 Å². The molecule has 0 bridgehead atoms. The molecule has 1 unspecified atom stereocenters. The van der Waals surface area contributed by atoms with Crippen LogP contribution in [0.1, 0.15) is 12.5 Å². The number of hydrogen-bond donors (Lipinski definition) is 1. The molecule has 1 N–H and O–H groups in total. The molecule has 0 radical (unpaired) electrons. The predicted molar refractivity (Wildman–Crippen MR) is 109 cm³/mol. The fraction of sp³-hybridized carbons (Fsp3) is 0.316. The molecular formula is C19H23Cl2N3O3. The van der Waals surface area contributed by atoms with Crippen molar-refractivity contribution in [1.29, 1.82) is 0 Å². The number of carboxylic acid groups (broad SMARTS) is 1. The van der Waals surface area contributed by atoms with Gasteiger partial charge in [-0.1, -0.05) is 30.3 Å². The smallest absolute Gasteiger partial charge is 0.336 e. The fourth-order valence-electron chi connectivity index (χ4n) is 3.55. The third-order valence-electron chi connectivity index (χ3n) is 4.79. The zero-order valence-electron chi connectivity index (χ0n) is 14.9. The lowest BCUT2D eigenvalue weighted by Gasteiger charge is -2.44. The number of rotatable bonds is 5. The van der Waals surface area contributed by atoms with Crippen LogP contribution in [0.2, 0.25) is 0 Å². The van der Waals surface area contributed by atoms with Gasteiger partial charge in [-0.15, -0.1) is 24.8 Å². The van der Waals surface area contributed by atoms with Crippen molar-refractivity contribution in [2.24, 2.45) is 0 Å². The first-order chi connectivity index (χ1) is 12.1. The van der Waals surface area contributed by atoms with Crippen LogP contribution in [0.5, 0.6) is 0 Å². The minimum absolute atomic E-state index is 0. The van der Waals surface area contributed by atoms with Crippen molar-refractivity contribution < 1.29 is 14.7 Å². The summed E-state index contributed by atoms with van der Waals surface area (Å²) in [4.78, 5) is 32.7. The lowest BCUT2D eigenvalue weighted by molar-refractivity contribution is -0.158. The number of aromatic nitrogens is 1. The van der Waals surface area contributed by atoms with Gasteiger partial charge in [0.15, 0.2) is 5.78 Å². The zero-order chi connectivity index (χ0) is 17.9. The van der Waals surface area contributed by atoms with Crippen molar-refractivity contribution in [3.63, 3.8) is 0 Å². The lowest BCUT2D eigenvalue weighted by atomic mass is 9.83. The predicted octanol–water partition coefficient (Wildman–Crippen LogP) is 2.62. The molecule has 146 valence electrons. The largest absolute Gasteiger partial charge is 0.479 e. The second-order valence-corrected chi connectivity index (χ2v) is 6.12. The molecule has 1 aromatic heterocycles. The number of halogens is 2. The Hall–Kier alpha value is -2.15. The maximum atomic E-state index is 12.5. The van der Waals surface area contributed by atoms with E-state index in [1.165, 1.54) is 6.92 Å². The van der Waals surface area contributed by atoms with E-state index in [0.29, 0.717) is 31.7 Å². The molecule has 1 atom stereocenters. The molecule has 2 aromatic rings. The fourth-order valence-corrected chi connectivity index (χ4v) is 3.55. The first-order valence-electron chi connectivity index (χ1n) is 8.27. The van der Waals surface area contributed by atoms with E-state index >= 15 is 0 Å². The molecule has 8 heteroatoms. The average molecular weight is 412 g/mol. The Morgan fingerprint density at radius 1 is 0.963 bits per heavy atom. The first kappa shape index (κ1) is 22.9. The molecule has 1 saturated heterocycles. The van der Waals surface area contributed by atoms with Crippen molar-refractivity contribution in [3.8, 4) is 0 Å². The van der Waals surface area contributed by atoms with E-state index in [2.05, 4.69) is 9.88 Å². The van der Waals surface area contributed by atoms with Crippen molar-refractivity contribution in [1.82, 2.24) is 9.88 Å². The molecule has 3 rings (SSSR count). The van der Waals surface area contributed by atoms with Gasteiger partial charge in [0, 0.05) is 44.3 Å². The van der Waals surface area contributed by atoms with Crippen LogP contribution in [-0.2, 0) is 15.1 Å². The summed E-state index contributed by atoms with van der Waals surface area (Å²) in [5.41, 5.74) is -0.0727. The maximum absolute atomic E-state index is 12.5. The molecule has 0 amide bonds. The van der Waals surface area contributed by atoms with Crippen molar-refractivity contribution in [2.75, 3.05) is 31.1 Å². The van der Waals surface area contributed by atoms with Gasteiger partial charge in [-0.3, -0.25) is 14.7 Å². The second-order valence-electron chi connectivity index (χ2n) is 6.12. The van der Waals surface area contributed by atoms with Gasteiger partial charge in [0.2, 0.25) is 5.54 Å². The molecule has 27 heavy (non-hydrogen) atoms.